The van der Waals surface area contributed by atoms with Crippen LogP contribution in [0.3, 0.4) is 0 Å². The van der Waals surface area contributed by atoms with E-state index in [0.29, 0.717) is 20.3 Å². The molecule has 1 saturated carbocycles. The van der Waals surface area contributed by atoms with Crippen molar-refractivity contribution in [2.24, 2.45) is 0 Å². The molecule has 2 nitrogen and oxygen atoms in total. The number of aromatic amines is 1. The summed E-state index contributed by atoms with van der Waals surface area (Å²) in [4.78, 5) is 3.19. The number of nitrogens with one attached hydrogen (secondary N) is 1. The van der Waals surface area contributed by atoms with E-state index < -0.39 is 0 Å². The molecule has 1 aromatic heterocycles. The van der Waals surface area contributed by atoms with Gasteiger partial charge in [-0.1, -0.05) is 30.3 Å². The topological polar surface area (TPSA) is 20.7 Å². The number of nitrogens with zero attached hydrogens (tertiary/aromatic N) is 1. The zero-order valence-corrected chi connectivity index (χ0v) is 14.0. The Hall–Kier alpha value is -1.21. The van der Waals surface area contributed by atoms with E-state index in [-0.39, 0.29) is 5.82 Å². The van der Waals surface area contributed by atoms with Crippen LogP contribution in [0.5, 0.6) is 0 Å². The van der Waals surface area contributed by atoms with Crippen LogP contribution in [0.4, 0.5) is 4.39 Å². The number of aromatic nitrogens is 2. The highest BCUT2D eigenvalue weighted by Gasteiger charge is 2.41. The summed E-state index contributed by atoms with van der Waals surface area (Å²) < 4.78 is 17.2. The van der Waals surface area contributed by atoms with Crippen molar-refractivity contribution in [3.63, 3.8) is 0 Å². The molecule has 1 fully saturated rings. The summed E-state index contributed by atoms with van der Waals surface area (Å²) in [6.07, 6.45) is 1.05. The summed E-state index contributed by atoms with van der Waals surface area (Å²) in [5.74, 6) is 0.280. The van der Waals surface area contributed by atoms with Crippen molar-refractivity contribution in [1.82, 2.24) is 9.55 Å². The fourth-order valence-corrected chi connectivity index (χ4v) is 3.79. The van der Waals surface area contributed by atoms with E-state index in [0.717, 1.165) is 17.5 Å². The Bertz CT molecular complexity index is 884. The van der Waals surface area contributed by atoms with Crippen molar-refractivity contribution in [2.75, 3.05) is 0 Å². The summed E-state index contributed by atoms with van der Waals surface area (Å²) in [5.41, 5.74) is 3.09. The predicted octanol–water partition coefficient (Wildman–Crippen LogP) is 5.17. The van der Waals surface area contributed by atoms with Gasteiger partial charge in [0, 0.05) is 18.0 Å². The molecular weight excluding hydrogens is 398 g/mol. The third-order valence-electron chi connectivity index (χ3n) is 4.07. The minimum Gasteiger partial charge on any atom is -0.331 e. The van der Waals surface area contributed by atoms with Crippen LogP contribution in [-0.4, -0.2) is 9.55 Å². The lowest BCUT2D eigenvalue weighted by atomic mass is 10.1. The summed E-state index contributed by atoms with van der Waals surface area (Å²) in [6.45, 7) is 0. The van der Waals surface area contributed by atoms with Crippen LogP contribution in [0.15, 0.2) is 42.5 Å². The van der Waals surface area contributed by atoms with E-state index in [2.05, 4.69) is 33.8 Å². The van der Waals surface area contributed by atoms with E-state index in [1.807, 2.05) is 34.7 Å². The molecule has 106 valence electrons. The van der Waals surface area contributed by atoms with Crippen LogP contribution in [0, 0.1) is 14.2 Å². The van der Waals surface area contributed by atoms with E-state index in [9.17, 15) is 4.39 Å². The Kier molecular flexibility index (Phi) is 3.15. The molecule has 2 atom stereocenters. The summed E-state index contributed by atoms with van der Waals surface area (Å²) >= 11 is 7.44. The molecule has 0 amide bonds. The normalized spacial score (nSPS) is 20.9. The number of hydrogen-bond acceptors (Lipinski definition) is 1. The second-order valence-corrected chi connectivity index (χ2v) is 6.95. The Morgan fingerprint density at radius 2 is 2.00 bits per heavy atom. The van der Waals surface area contributed by atoms with E-state index in [1.165, 1.54) is 5.56 Å². The molecule has 1 aliphatic carbocycles. The van der Waals surface area contributed by atoms with Crippen LogP contribution in [0.2, 0.25) is 0 Å². The van der Waals surface area contributed by atoms with E-state index >= 15 is 0 Å². The number of H-pyrrole nitrogens is 1. The summed E-state index contributed by atoms with van der Waals surface area (Å²) in [6, 6.07) is 14.2. The van der Waals surface area contributed by atoms with Crippen LogP contribution in [0.1, 0.15) is 23.9 Å². The highest BCUT2D eigenvalue weighted by Crippen LogP contribution is 2.52. The molecule has 0 aliphatic heterocycles. The summed E-state index contributed by atoms with van der Waals surface area (Å²) in [5, 5.41) is 0. The molecule has 4 rings (SSSR count). The second-order valence-electron chi connectivity index (χ2n) is 5.40. The fraction of sp³-hybridized carbons (Fsp3) is 0.188. The van der Waals surface area contributed by atoms with Crippen molar-refractivity contribution in [3.8, 4) is 0 Å². The maximum Gasteiger partial charge on any atom is 0.178 e. The van der Waals surface area contributed by atoms with Gasteiger partial charge in [-0.05, 0) is 52.9 Å². The molecule has 1 heterocycles. The average molecular weight is 410 g/mol. The minimum absolute atomic E-state index is 0.192. The van der Waals surface area contributed by atoms with Gasteiger partial charge in [0.15, 0.2) is 4.77 Å². The number of imidazole rings is 1. The molecule has 3 aromatic rings. The van der Waals surface area contributed by atoms with Gasteiger partial charge < -0.3 is 9.55 Å². The number of halogens is 2. The van der Waals surface area contributed by atoms with Gasteiger partial charge in [-0.2, -0.15) is 0 Å². The predicted molar refractivity (Wildman–Crippen MR) is 92.6 cm³/mol. The SMILES string of the molecule is Fc1cc2c(cc1I)[nH]c(=S)n2C1CC1c1ccccc1. The highest BCUT2D eigenvalue weighted by atomic mass is 127. The first kappa shape index (κ1) is 13.5. The van der Waals surface area contributed by atoms with Gasteiger partial charge in [0.1, 0.15) is 5.82 Å². The molecule has 1 aliphatic rings. The number of hydrogen-bond donors (Lipinski definition) is 1. The molecule has 0 saturated heterocycles. The molecule has 0 spiro atoms. The molecule has 0 radical (unpaired) electrons. The quantitative estimate of drug-likeness (QED) is 0.457. The Balaban J connectivity index is 1.80. The zero-order valence-electron chi connectivity index (χ0n) is 11.0. The van der Waals surface area contributed by atoms with Gasteiger partial charge in [-0.15, -0.1) is 0 Å². The molecule has 1 N–H and O–H groups in total. The van der Waals surface area contributed by atoms with Crippen molar-refractivity contribution in [3.05, 3.63) is 62.2 Å². The first-order valence-corrected chi connectivity index (χ1v) is 8.28. The van der Waals surface area contributed by atoms with Gasteiger partial charge in [0.25, 0.3) is 0 Å². The number of rotatable bonds is 2. The second kappa shape index (κ2) is 4.91. The van der Waals surface area contributed by atoms with Gasteiger partial charge in [0.05, 0.1) is 14.6 Å². The standard InChI is InChI=1S/C16H12FIN2S/c17-11-7-15-13(8-12(11)18)19-16(21)20(15)14-6-10(14)9-4-2-1-3-5-9/h1-5,7-8,10,14H,6H2,(H,19,21). The van der Waals surface area contributed by atoms with Gasteiger partial charge in [-0.3, -0.25) is 0 Å². The van der Waals surface area contributed by atoms with Crippen LogP contribution >= 0.6 is 34.8 Å². The third-order valence-corrected chi connectivity index (χ3v) is 5.20. The van der Waals surface area contributed by atoms with Crippen molar-refractivity contribution in [1.29, 1.82) is 0 Å². The first-order chi connectivity index (χ1) is 10.1. The maximum absolute atomic E-state index is 13.9. The monoisotopic (exact) mass is 410 g/mol. The molecule has 0 bridgehead atoms. The zero-order chi connectivity index (χ0) is 14.6. The van der Waals surface area contributed by atoms with Gasteiger partial charge in [-0.25, -0.2) is 4.39 Å². The highest BCUT2D eigenvalue weighted by molar-refractivity contribution is 14.1. The fourth-order valence-electron chi connectivity index (χ4n) is 2.98. The largest absolute Gasteiger partial charge is 0.331 e. The molecule has 2 unspecified atom stereocenters. The Morgan fingerprint density at radius 1 is 1.24 bits per heavy atom. The summed E-state index contributed by atoms with van der Waals surface area (Å²) in [7, 11) is 0. The van der Waals surface area contributed by atoms with Crippen molar-refractivity contribution >= 4 is 45.8 Å². The Labute approximate surface area is 140 Å². The maximum atomic E-state index is 13.9. The number of fused-ring (bicyclic) bond motifs is 1. The molecule has 5 heteroatoms. The van der Waals surface area contributed by atoms with Gasteiger partial charge >= 0.3 is 0 Å². The smallest absolute Gasteiger partial charge is 0.178 e. The minimum atomic E-state index is -0.192. The molecule has 2 aromatic carbocycles. The first-order valence-electron chi connectivity index (χ1n) is 6.79. The van der Waals surface area contributed by atoms with Crippen LogP contribution in [0.25, 0.3) is 11.0 Å². The molecular formula is C16H12FIN2S. The molecule has 21 heavy (non-hydrogen) atoms. The van der Waals surface area contributed by atoms with Crippen molar-refractivity contribution in [2.45, 2.75) is 18.4 Å². The Morgan fingerprint density at radius 3 is 2.76 bits per heavy atom. The van der Waals surface area contributed by atoms with Crippen LogP contribution in [-0.2, 0) is 0 Å². The van der Waals surface area contributed by atoms with E-state index in [4.69, 9.17) is 12.2 Å². The van der Waals surface area contributed by atoms with Crippen molar-refractivity contribution < 1.29 is 4.39 Å². The third kappa shape index (κ3) is 2.23. The van der Waals surface area contributed by atoms with Gasteiger partial charge in [0.2, 0.25) is 0 Å². The lowest BCUT2D eigenvalue weighted by Crippen LogP contribution is -1.97. The van der Waals surface area contributed by atoms with Crippen LogP contribution < -0.4 is 0 Å². The van der Waals surface area contributed by atoms with E-state index in [1.54, 1.807) is 6.07 Å². The average Bonchev–Trinajstić information content (AvgIpc) is 3.19. The lowest BCUT2D eigenvalue weighted by Gasteiger charge is -2.05. The number of benzene rings is 2. The lowest BCUT2D eigenvalue weighted by molar-refractivity contribution is 0.620.